The lowest BCUT2D eigenvalue weighted by Crippen LogP contribution is -2.11. The number of aryl methyl sites for hydroxylation is 1. The monoisotopic (exact) mass is 273 g/mol. The second kappa shape index (κ2) is 6.32. The van der Waals surface area contributed by atoms with Crippen molar-refractivity contribution in [1.82, 2.24) is 10.2 Å². The number of nitrogens with zero attached hydrogens (tertiary/aromatic N) is 2. The molecule has 5 heteroatoms. The Morgan fingerprint density at radius 2 is 1.95 bits per heavy atom. The third-order valence-corrected chi connectivity index (χ3v) is 2.89. The lowest BCUT2D eigenvalue weighted by atomic mass is 10.1. The Hall–Kier alpha value is -2.17. The molecule has 0 atom stereocenters. The number of benzene rings is 1. The number of anilines is 1. The van der Waals surface area contributed by atoms with E-state index in [0.717, 1.165) is 17.7 Å². The molecule has 1 amide bonds. The predicted octanol–water partition coefficient (Wildman–Crippen LogP) is 3.42. The molecule has 0 radical (unpaired) electrons. The summed E-state index contributed by atoms with van der Waals surface area (Å²) in [5.41, 5.74) is 1.62. The van der Waals surface area contributed by atoms with Crippen LogP contribution in [-0.4, -0.2) is 16.1 Å². The molecule has 2 aromatic rings. The molecule has 1 heterocycles. The summed E-state index contributed by atoms with van der Waals surface area (Å²) in [5, 5.41) is 10.6. The summed E-state index contributed by atoms with van der Waals surface area (Å²) in [7, 11) is 0. The molecular weight excluding hydrogens is 254 g/mol. The van der Waals surface area contributed by atoms with Crippen LogP contribution in [0.1, 0.15) is 32.6 Å². The van der Waals surface area contributed by atoms with Gasteiger partial charge in [-0.3, -0.25) is 4.79 Å². The van der Waals surface area contributed by atoms with Gasteiger partial charge in [0.1, 0.15) is 0 Å². The van der Waals surface area contributed by atoms with Crippen molar-refractivity contribution in [3.05, 3.63) is 30.2 Å². The SMILES string of the molecule is Cc1nnc(-c2ccc(NC(=O)CCC(C)C)cc2)o1. The van der Waals surface area contributed by atoms with Crippen molar-refractivity contribution < 1.29 is 9.21 Å². The van der Waals surface area contributed by atoms with E-state index in [1.807, 2.05) is 24.3 Å². The summed E-state index contributed by atoms with van der Waals surface area (Å²) >= 11 is 0. The first-order valence-corrected chi connectivity index (χ1v) is 6.75. The van der Waals surface area contributed by atoms with E-state index < -0.39 is 0 Å². The van der Waals surface area contributed by atoms with Crippen LogP contribution >= 0.6 is 0 Å². The molecule has 0 spiro atoms. The lowest BCUT2D eigenvalue weighted by molar-refractivity contribution is -0.116. The lowest BCUT2D eigenvalue weighted by Gasteiger charge is -2.07. The number of hydrogen-bond donors (Lipinski definition) is 1. The van der Waals surface area contributed by atoms with Gasteiger partial charge >= 0.3 is 0 Å². The van der Waals surface area contributed by atoms with Crippen molar-refractivity contribution >= 4 is 11.6 Å². The zero-order valence-electron chi connectivity index (χ0n) is 12.0. The largest absolute Gasteiger partial charge is 0.421 e. The number of hydrogen-bond acceptors (Lipinski definition) is 4. The van der Waals surface area contributed by atoms with Crippen molar-refractivity contribution in [2.45, 2.75) is 33.6 Å². The molecule has 5 nitrogen and oxygen atoms in total. The van der Waals surface area contributed by atoms with Gasteiger partial charge in [-0.25, -0.2) is 0 Å². The second-order valence-electron chi connectivity index (χ2n) is 5.18. The minimum absolute atomic E-state index is 0.0417. The van der Waals surface area contributed by atoms with E-state index in [-0.39, 0.29) is 5.91 Å². The maximum Gasteiger partial charge on any atom is 0.247 e. The smallest absolute Gasteiger partial charge is 0.247 e. The van der Waals surface area contributed by atoms with Crippen LogP contribution in [0.4, 0.5) is 5.69 Å². The molecule has 20 heavy (non-hydrogen) atoms. The fourth-order valence-electron chi connectivity index (χ4n) is 1.75. The van der Waals surface area contributed by atoms with Crippen LogP contribution in [0.15, 0.2) is 28.7 Å². The molecule has 0 saturated carbocycles. The summed E-state index contributed by atoms with van der Waals surface area (Å²) in [4.78, 5) is 11.7. The first-order chi connectivity index (χ1) is 9.54. The topological polar surface area (TPSA) is 68.0 Å². The fraction of sp³-hybridized carbons (Fsp3) is 0.400. The number of carbonyl (C=O) groups excluding carboxylic acids is 1. The summed E-state index contributed by atoms with van der Waals surface area (Å²) in [6.07, 6.45) is 1.44. The van der Waals surface area contributed by atoms with E-state index in [4.69, 9.17) is 4.42 Å². The van der Waals surface area contributed by atoms with Gasteiger partial charge in [-0.1, -0.05) is 13.8 Å². The fourth-order valence-corrected chi connectivity index (χ4v) is 1.75. The summed E-state index contributed by atoms with van der Waals surface area (Å²) < 4.78 is 5.35. The molecule has 1 N–H and O–H groups in total. The van der Waals surface area contributed by atoms with Gasteiger partial charge < -0.3 is 9.73 Å². The Kier molecular flexibility index (Phi) is 4.50. The Balaban J connectivity index is 1.96. The number of amides is 1. The summed E-state index contributed by atoms with van der Waals surface area (Å²) in [6, 6.07) is 7.38. The highest BCUT2D eigenvalue weighted by molar-refractivity contribution is 5.90. The molecule has 0 unspecified atom stereocenters. The summed E-state index contributed by atoms with van der Waals surface area (Å²) in [5.74, 6) is 1.59. The van der Waals surface area contributed by atoms with Crippen molar-refractivity contribution in [3.63, 3.8) is 0 Å². The minimum Gasteiger partial charge on any atom is -0.421 e. The maximum absolute atomic E-state index is 11.7. The predicted molar refractivity (Wildman–Crippen MR) is 77.2 cm³/mol. The van der Waals surface area contributed by atoms with Crippen molar-refractivity contribution in [2.24, 2.45) is 5.92 Å². The van der Waals surface area contributed by atoms with Crippen molar-refractivity contribution in [1.29, 1.82) is 0 Å². The molecule has 1 aromatic heterocycles. The average molecular weight is 273 g/mol. The quantitative estimate of drug-likeness (QED) is 0.906. The molecule has 0 saturated heterocycles. The molecule has 0 fully saturated rings. The van der Waals surface area contributed by atoms with Crippen LogP contribution in [0.3, 0.4) is 0 Å². The first kappa shape index (κ1) is 14.2. The van der Waals surface area contributed by atoms with E-state index in [1.54, 1.807) is 6.92 Å². The van der Waals surface area contributed by atoms with Gasteiger partial charge in [0.05, 0.1) is 0 Å². The molecular formula is C15H19N3O2. The van der Waals surface area contributed by atoms with Gasteiger partial charge in [0.25, 0.3) is 0 Å². The molecule has 2 rings (SSSR count). The maximum atomic E-state index is 11.7. The van der Waals surface area contributed by atoms with Crippen molar-refractivity contribution in [3.8, 4) is 11.5 Å². The Bertz CT molecular complexity index is 573. The molecule has 0 aliphatic rings. The van der Waals surface area contributed by atoms with Gasteiger partial charge in [-0.05, 0) is 36.6 Å². The van der Waals surface area contributed by atoms with E-state index in [1.165, 1.54) is 0 Å². The zero-order chi connectivity index (χ0) is 14.5. The minimum atomic E-state index is 0.0417. The number of rotatable bonds is 5. The van der Waals surface area contributed by atoms with Crippen LogP contribution in [0.25, 0.3) is 11.5 Å². The standard InChI is InChI=1S/C15H19N3O2/c1-10(2)4-9-14(19)16-13-7-5-12(6-8-13)15-18-17-11(3)20-15/h5-8,10H,4,9H2,1-3H3,(H,16,19). The van der Waals surface area contributed by atoms with Crippen LogP contribution in [-0.2, 0) is 4.79 Å². The van der Waals surface area contributed by atoms with Crippen LogP contribution in [0.2, 0.25) is 0 Å². The van der Waals surface area contributed by atoms with Gasteiger partial charge in [0, 0.05) is 24.6 Å². The molecule has 106 valence electrons. The van der Waals surface area contributed by atoms with Crippen LogP contribution < -0.4 is 5.32 Å². The van der Waals surface area contributed by atoms with E-state index in [9.17, 15) is 4.79 Å². The second-order valence-corrected chi connectivity index (χ2v) is 5.18. The normalized spacial score (nSPS) is 10.8. The van der Waals surface area contributed by atoms with Gasteiger partial charge in [-0.2, -0.15) is 0 Å². The Morgan fingerprint density at radius 1 is 1.25 bits per heavy atom. The highest BCUT2D eigenvalue weighted by Crippen LogP contribution is 2.20. The Labute approximate surface area is 118 Å². The number of nitrogens with one attached hydrogen (secondary N) is 1. The molecule has 0 aliphatic heterocycles. The summed E-state index contributed by atoms with van der Waals surface area (Å²) in [6.45, 7) is 5.96. The van der Waals surface area contributed by atoms with Crippen LogP contribution in [0, 0.1) is 12.8 Å². The van der Waals surface area contributed by atoms with Gasteiger partial charge in [-0.15, -0.1) is 10.2 Å². The van der Waals surface area contributed by atoms with E-state index >= 15 is 0 Å². The van der Waals surface area contributed by atoms with E-state index in [2.05, 4.69) is 29.4 Å². The van der Waals surface area contributed by atoms with Gasteiger partial charge in [0.15, 0.2) is 0 Å². The third-order valence-electron chi connectivity index (χ3n) is 2.89. The molecule has 0 aliphatic carbocycles. The molecule has 0 bridgehead atoms. The zero-order valence-corrected chi connectivity index (χ0v) is 12.0. The highest BCUT2D eigenvalue weighted by atomic mass is 16.4. The highest BCUT2D eigenvalue weighted by Gasteiger charge is 2.07. The number of aromatic nitrogens is 2. The Morgan fingerprint density at radius 3 is 2.50 bits per heavy atom. The van der Waals surface area contributed by atoms with Crippen molar-refractivity contribution in [2.75, 3.05) is 5.32 Å². The van der Waals surface area contributed by atoms with Crippen LogP contribution in [0.5, 0.6) is 0 Å². The van der Waals surface area contributed by atoms with Gasteiger partial charge in [0.2, 0.25) is 17.7 Å². The first-order valence-electron chi connectivity index (χ1n) is 6.75. The molecule has 1 aromatic carbocycles. The number of carbonyl (C=O) groups is 1. The third kappa shape index (κ3) is 3.91. The van der Waals surface area contributed by atoms with E-state index in [0.29, 0.717) is 24.1 Å². The average Bonchev–Trinajstić information content (AvgIpc) is 2.84.